The maximum atomic E-state index is 12.4. The monoisotopic (exact) mass is 420 g/mol. The molecule has 1 saturated heterocycles. The van der Waals surface area contributed by atoms with Crippen LogP contribution >= 0.6 is 15.9 Å². The number of aromatic amines is 1. The zero-order chi connectivity index (χ0) is 18.1. The van der Waals surface area contributed by atoms with Crippen LogP contribution in [-0.4, -0.2) is 66.2 Å². The quantitative estimate of drug-likeness (QED) is 0.681. The maximum Gasteiger partial charge on any atom is 0.294 e. The van der Waals surface area contributed by atoms with E-state index in [4.69, 9.17) is 9.15 Å². The summed E-state index contributed by atoms with van der Waals surface area (Å²) in [6, 6.07) is 5.67. The van der Waals surface area contributed by atoms with Gasteiger partial charge in [0.2, 0.25) is 5.58 Å². The number of hydrogen-bond donors (Lipinski definition) is 1. The van der Waals surface area contributed by atoms with E-state index in [1.54, 1.807) is 7.11 Å². The topological polar surface area (TPSA) is 74.6 Å². The van der Waals surface area contributed by atoms with Crippen molar-refractivity contribution in [3.05, 3.63) is 38.9 Å². The molecule has 4 rings (SSSR count). The number of nitrogens with zero attached hydrogens (tertiary/aromatic N) is 3. The number of aromatic nitrogens is 2. The van der Waals surface area contributed by atoms with Crippen LogP contribution in [0.5, 0.6) is 0 Å². The molecule has 0 bridgehead atoms. The van der Waals surface area contributed by atoms with E-state index in [1.807, 2.05) is 18.2 Å². The number of rotatable bonds is 5. The van der Waals surface area contributed by atoms with Gasteiger partial charge in [-0.15, -0.1) is 0 Å². The minimum atomic E-state index is -0.226. The number of halogens is 1. The maximum absolute atomic E-state index is 12.4. The number of H-pyrrole nitrogens is 1. The molecule has 0 radical (unpaired) electrons. The van der Waals surface area contributed by atoms with Crippen LogP contribution in [0.2, 0.25) is 0 Å². The van der Waals surface area contributed by atoms with Crippen molar-refractivity contribution in [1.29, 1.82) is 0 Å². The molecule has 8 heteroatoms. The number of ether oxygens (including phenoxy) is 1. The Morgan fingerprint density at radius 3 is 2.81 bits per heavy atom. The van der Waals surface area contributed by atoms with Crippen molar-refractivity contribution in [1.82, 2.24) is 19.8 Å². The Hall–Kier alpha value is -1.74. The fourth-order valence-corrected chi connectivity index (χ4v) is 3.71. The Kier molecular flexibility index (Phi) is 5.08. The Bertz CT molecular complexity index is 976. The van der Waals surface area contributed by atoms with Crippen molar-refractivity contribution in [2.45, 2.75) is 6.54 Å². The first-order valence-corrected chi connectivity index (χ1v) is 9.48. The van der Waals surface area contributed by atoms with Gasteiger partial charge in [0.25, 0.3) is 5.56 Å². The van der Waals surface area contributed by atoms with Crippen LogP contribution in [0.1, 0.15) is 5.82 Å². The molecule has 0 atom stereocenters. The highest BCUT2D eigenvalue weighted by molar-refractivity contribution is 9.10. The number of fused-ring (bicyclic) bond motifs is 3. The molecule has 3 aromatic rings. The molecule has 0 aliphatic carbocycles. The van der Waals surface area contributed by atoms with Gasteiger partial charge in [-0.1, -0.05) is 15.9 Å². The summed E-state index contributed by atoms with van der Waals surface area (Å²) < 4.78 is 11.7. The summed E-state index contributed by atoms with van der Waals surface area (Å²) in [5, 5.41) is 0.853. The number of benzene rings is 1. The molecule has 3 heterocycles. The van der Waals surface area contributed by atoms with E-state index < -0.39 is 0 Å². The van der Waals surface area contributed by atoms with Gasteiger partial charge in [-0.3, -0.25) is 14.6 Å². The lowest BCUT2D eigenvalue weighted by molar-refractivity contribution is 0.0926. The van der Waals surface area contributed by atoms with E-state index in [1.165, 1.54) is 0 Å². The van der Waals surface area contributed by atoms with Gasteiger partial charge < -0.3 is 14.1 Å². The molecule has 1 N–H and O–H groups in total. The van der Waals surface area contributed by atoms with Crippen molar-refractivity contribution < 1.29 is 9.15 Å². The lowest BCUT2D eigenvalue weighted by Crippen LogP contribution is -2.47. The largest absolute Gasteiger partial charge is 0.449 e. The smallest absolute Gasteiger partial charge is 0.294 e. The molecule has 1 aromatic carbocycles. The second-order valence-corrected chi connectivity index (χ2v) is 7.46. The summed E-state index contributed by atoms with van der Waals surface area (Å²) in [5.41, 5.74) is 1.35. The average molecular weight is 421 g/mol. The minimum Gasteiger partial charge on any atom is -0.449 e. The predicted molar refractivity (Wildman–Crippen MR) is 103 cm³/mol. The lowest BCUT2D eigenvalue weighted by Gasteiger charge is -2.34. The molecule has 1 fully saturated rings. The SMILES string of the molecule is COCCN1CCN(Cc2nc3c(oc4ccc(Br)cc43)c(=O)[nH]2)CC1. The molecule has 0 unspecified atom stereocenters. The first-order chi connectivity index (χ1) is 12.6. The molecule has 0 amide bonds. The second-order valence-electron chi connectivity index (χ2n) is 6.54. The molecular weight excluding hydrogens is 400 g/mol. The molecule has 2 aromatic heterocycles. The zero-order valence-corrected chi connectivity index (χ0v) is 16.2. The fraction of sp³-hybridized carbons (Fsp3) is 0.444. The molecule has 138 valence electrons. The van der Waals surface area contributed by atoms with E-state index in [0.717, 1.165) is 49.2 Å². The molecular formula is C18H21BrN4O3. The summed E-state index contributed by atoms with van der Waals surface area (Å²) in [6.45, 7) is 6.24. The average Bonchev–Trinajstić information content (AvgIpc) is 3.00. The molecule has 0 spiro atoms. The zero-order valence-electron chi connectivity index (χ0n) is 14.6. The van der Waals surface area contributed by atoms with Crippen LogP contribution in [0.4, 0.5) is 0 Å². The van der Waals surface area contributed by atoms with Crippen molar-refractivity contribution >= 4 is 38.0 Å². The Labute approximate surface area is 159 Å². The number of nitrogens with one attached hydrogen (secondary N) is 1. The highest BCUT2D eigenvalue weighted by Gasteiger charge is 2.19. The van der Waals surface area contributed by atoms with Gasteiger partial charge in [-0.2, -0.15) is 0 Å². The lowest BCUT2D eigenvalue weighted by atomic mass is 10.2. The van der Waals surface area contributed by atoms with Crippen LogP contribution in [0.15, 0.2) is 31.9 Å². The number of furan rings is 1. The third kappa shape index (κ3) is 3.55. The Balaban J connectivity index is 1.55. The van der Waals surface area contributed by atoms with Gasteiger partial charge >= 0.3 is 0 Å². The Morgan fingerprint density at radius 2 is 2.04 bits per heavy atom. The fourth-order valence-electron chi connectivity index (χ4n) is 3.35. The number of piperazine rings is 1. The number of hydrogen-bond acceptors (Lipinski definition) is 6. The second kappa shape index (κ2) is 7.48. The van der Waals surface area contributed by atoms with Gasteiger partial charge in [0.1, 0.15) is 16.9 Å². The first-order valence-electron chi connectivity index (χ1n) is 8.68. The van der Waals surface area contributed by atoms with Crippen LogP contribution < -0.4 is 5.56 Å². The summed E-state index contributed by atoms with van der Waals surface area (Å²) >= 11 is 3.47. The normalized spacial score (nSPS) is 16.7. The molecule has 7 nitrogen and oxygen atoms in total. The Morgan fingerprint density at radius 1 is 1.27 bits per heavy atom. The first kappa shape index (κ1) is 17.7. The minimum absolute atomic E-state index is 0.226. The van der Waals surface area contributed by atoms with Crippen LogP contribution in [0.25, 0.3) is 22.1 Å². The van der Waals surface area contributed by atoms with Crippen LogP contribution in [0.3, 0.4) is 0 Å². The predicted octanol–water partition coefficient (Wildman–Crippen LogP) is 2.20. The van der Waals surface area contributed by atoms with Gasteiger partial charge in [-0.05, 0) is 18.2 Å². The van der Waals surface area contributed by atoms with E-state index in [0.29, 0.717) is 23.5 Å². The van der Waals surface area contributed by atoms with Crippen LogP contribution in [0, 0.1) is 0 Å². The van der Waals surface area contributed by atoms with Gasteiger partial charge in [0, 0.05) is 49.7 Å². The molecule has 1 aliphatic rings. The summed E-state index contributed by atoms with van der Waals surface area (Å²) in [5.74, 6) is 0.676. The third-order valence-electron chi connectivity index (χ3n) is 4.78. The van der Waals surface area contributed by atoms with E-state index in [2.05, 4.69) is 35.7 Å². The number of methoxy groups -OCH3 is 1. The van der Waals surface area contributed by atoms with E-state index >= 15 is 0 Å². The molecule has 0 saturated carbocycles. The standard InChI is InChI=1S/C18H21BrN4O3/c1-25-9-8-22-4-6-23(7-5-22)11-15-20-16-13-10-12(19)2-3-14(13)26-17(16)18(24)21-15/h2-3,10H,4-9,11H2,1H3,(H,20,21,24). The van der Waals surface area contributed by atoms with Crippen molar-refractivity contribution in [2.24, 2.45) is 0 Å². The molecule has 26 heavy (non-hydrogen) atoms. The van der Waals surface area contributed by atoms with E-state index in [9.17, 15) is 4.79 Å². The van der Waals surface area contributed by atoms with Crippen molar-refractivity contribution in [3.63, 3.8) is 0 Å². The van der Waals surface area contributed by atoms with E-state index in [-0.39, 0.29) is 11.1 Å². The third-order valence-corrected chi connectivity index (χ3v) is 5.28. The summed E-state index contributed by atoms with van der Waals surface area (Å²) in [4.78, 5) is 24.7. The highest BCUT2D eigenvalue weighted by atomic mass is 79.9. The van der Waals surface area contributed by atoms with Crippen molar-refractivity contribution in [3.8, 4) is 0 Å². The summed E-state index contributed by atoms with van der Waals surface area (Å²) in [7, 11) is 1.73. The van der Waals surface area contributed by atoms with Crippen LogP contribution in [-0.2, 0) is 11.3 Å². The van der Waals surface area contributed by atoms with Gasteiger partial charge in [0.15, 0.2) is 0 Å². The van der Waals surface area contributed by atoms with Gasteiger partial charge in [-0.25, -0.2) is 4.98 Å². The van der Waals surface area contributed by atoms with Gasteiger partial charge in [0.05, 0.1) is 13.2 Å². The molecule has 1 aliphatic heterocycles. The summed E-state index contributed by atoms with van der Waals surface area (Å²) in [6.07, 6.45) is 0. The van der Waals surface area contributed by atoms with Crippen molar-refractivity contribution in [2.75, 3.05) is 46.4 Å². The highest BCUT2D eigenvalue weighted by Crippen LogP contribution is 2.27.